The van der Waals surface area contributed by atoms with Crippen LogP contribution in [0, 0.1) is 29.1 Å². The summed E-state index contributed by atoms with van der Waals surface area (Å²) in [4.78, 5) is 94.6. The Hall–Kier alpha value is -3.51. The van der Waals surface area contributed by atoms with Crippen LogP contribution in [0.4, 0.5) is 4.79 Å². The number of nitrogens with two attached hydrogens (primary N) is 1. The van der Waals surface area contributed by atoms with Gasteiger partial charge in [-0.1, -0.05) is 66.7 Å². The Morgan fingerprint density at radius 3 is 2.02 bits per heavy atom. The summed E-state index contributed by atoms with van der Waals surface area (Å²) in [6, 6.07) is -3.98. The van der Waals surface area contributed by atoms with Crippen molar-refractivity contribution in [1.82, 2.24) is 25.8 Å². The minimum absolute atomic E-state index is 0.0348. The number of hydrogen-bond donors (Lipinski definition) is 4. The molecule has 13 nitrogen and oxygen atoms in total. The number of likely N-dealkylation sites (tertiary alicyclic amines) is 2. The number of rotatable bonds is 13. The Morgan fingerprint density at radius 1 is 0.854 bits per heavy atom. The molecule has 0 aromatic rings. The van der Waals surface area contributed by atoms with Crippen LogP contribution in [0.25, 0.3) is 0 Å². The lowest BCUT2D eigenvalue weighted by Gasteiger charge is -2.38. The van der Waals surface area contributed by atoms with Crippen molar-refractivity contribution in [2.24, 2.45) is 34.8 Å². The van der Waals surface area contributed by atoms with Gasteiger partial charge in [0.15, 0.2) is 0 Å². The Balaban J connectivity index is 1.55. The molecule has 2 heterocycles. The number of nitrogens with zero attached hydrogens (tertiary/aromatic N) is 2. The van der Waals surface area contributed by atoms with Crippen LogP contribution in [0.2, 0.25) is 0 Å². The van der Waals surface area contributed by atoms with Crippen molar-refractivity contribution >= 4 is 41.4 Å². The first-order valence-corrected chi connectivity index (χ1v) is 17.9. The fourth-order valence-corrected chi connectivity index (χ4v) is 7.54. The number of ketones is 1. The second kappa shape index (κ2) is 15.8. The zero-order valence-electron chi connectivity index (χ0n) is 29.3. The van der Waals surface area contributed by atoms with Gasteiger partial charge >= 0.3 is 6.03 Å². The summed E-state index contributed by atoms with van der Waals surface area (Å²) >= 11 is 0. The molecule has 0 aromatic heterocycles. The lowest BCUT2D eigenvalue weighted by Crippen LogP contribution is -2.62. The predicted molar refractivity (Wildman–Crippen MR) is 178 cm³/mol. The average molecular weight is 673 g/mol. The average Bonchev–Trinajstić information content (AvgIpc) is 3.72. The van der Waals surface area contributed by atoms with Crippen molar-refractivity contribution in [3.05, 3.63) is 0 Å². The molecule has 2 saturated carbocycles. The van der Waals surface area contributed by atoms with Crippen LogP contribution in [0.3, 0.4) is 0 Å². The van der Waals surface area contributed by atoms with Gasteiger partial charge in [-0.15, -0.1) is 0 Å². The maximum absolute atomic E-state index is 14.5. The number of hydrogen-bond acceptors (Lipinski definition) is 7. The van der Waals surface area contributed by atoms with Crippen molar-refractivity contribution in [2.75, 3.05) is 13.1 Å². The van der Waals surface area contributed by atoms with Crippen LogP contribution in [0.15, 0.2) is 0 Å². The molecule has 0 radical (unpaired) electrons. The highest BCUT2D eigenvalue weighted by Gasteiger charge is 2.47. The van der Waals surface area contributed by atoms with Gasteiger partial charge in [-0.2, -0.15) is 0 Å². The van der Waals surface area contributed by atoms with E-state index in [-0.39, 0.29) is 60.8 Å². The van der Waals surface area contributed by atoms with Crippen LogP contribution in [0.5, 0.6) is 0 Å². The minimum Gasteiger partial charge on any atom is -0.363 e. The van der Waals surface area contributed by atoms with Crippen molar-refractivity contribution in [1.29, 1.82) is 0 Å². The third-order valence-electron chi connectivity index (χ3n) is 10.8. The van der Waals surface area contributed by atoms with E-state index in [1.165, 1.54) is 4.90 Å². The summed E-state index contributed by atoms with van der Waals surface area (Å²) in [6.07, 6.45) is 8.17. The van der Waals surface area contributed by atoms with Crippen LogP contribution in [-0.4, -0.2) is 88.4 Å². The second-order valence-corrected chi connectivity index (χ2v) is 15.8. The quantitative estimate of drug-likeness (QED) is 0.171. The third-order valence-corrected chi connectivity index (χ3v) is 10.8. The van der Waals surface area contributed by atoms with E-state index in [4.69, 9.17) is 5.73 Å². The molecule has 5 N–H and O–H groups in total. The topological polar surface area (TPSA) is 188 Å². The first kappa shape index (κ1) is 37.3. The maximum atomic E-state index is 14.5. The second-order valence-electron chi connectivity index (χ2n) is 15.8. The summed E-state index contributed by atoms with van der Waals surface area (Å²) in [7, 11) is 0. The number of amides is 7. The highest BCUT2D eigenvalue weighted by atomic mass is 16.2. The van der Waals surface area contributed by atoms with Crippen LogP contribution < -0.4 is 21.7 Å². The summed E-state index contributed by atoms with van der Waals surface area (Å²) < 4.78 is 0. The van der Waals surface area contributed by atoms with Crippen LogP contribution in [-0.2, 0) is 28.8 Å². The molecule has 4 rings (SSSR count). The number of piperidine rings is 1. The van der Waals surface area contributed by atoms with E-state index in [0.29, 0.717) is 25.8 Å². The Kier molecular flexibility index (Phi) is 12.3. The van der Waals surface area contributed by atoms with Crippen molar-refractivity contribution < 1.29 is 33.6 Å². The van der Waals surface area contributed by atoms with Crippen LogP contribution in [0.1, 0.15) is 112 Å². The maximum Gasteiger partial charge on any atom is 0.315 e. The first-order chi connectivity index (χ1) is 22.6. The zero-order chi connectivity index (χ0) is 35.3. The number of imide groups is 1. The molecule has 268 valence electrons. The third kappa shape index (κ3) is 9.34. The highest BCUT2D eigenvalue weighted by Crippen LogP contribution is 2.36. The van der Waals surface area contributed by atoms with Gasteiger partial charge in [0.2, 0.25) is 29.4 Å². The summed E-state index contributed by atoms with van der Waals surface area (Å²) in [6.45, 7) is 10.1. The fraction of sp³-hybridized carbons (Fsp3) is 0.800. The van der Waals surface area contributed by atoms with E-state index in [0.717, 1.165) is 44.9 Å². The molecule has 4 fully saturated rings. The highest BCUT2D eigenvalue weighted by molar-refractivity contribution is 6.37. The SMILES string of the molecule is CC(C)C1CCN(C(=O)[C@@H](NC(=O)N[C@H](CN2C(=O)CCCC2=O)C(C)(C)C)C2CCCCC2)[C@@H]1C(=O)NC(CC1CC1)C(=O)C(N)=O. The summed E-state index contributed by atoms with van der Waals surface area (Å²) in [5.74, 6) is -3.35. The Morgan fingerprint density at radius 2 is 1.48 bits per heavy atom. The van der Waals surface area contributed by atoms with Gasteiger partial charge in [0.05, 0.1) is 12.1 Å². The predicted octanol–water partition coefficient (Wildman–Crippen LogP) is 2.40. The Labute approximate surface area is 284 Å². The molecule has 13 heteroatoms. The molecule has 0 spiro atoms. The molecule has 2 saturated heterocycles. The number of urea groups is 1. The van der Waals surface area contributed by atoms with Gasteiger partial charge in [-0.05, 0) is 61.2 Å². The van der Waals surface area contributed by atoms with E-state index in [9.17, 15) is 33.6 Å². The summed E-state index contributed by atoms with van der Waals surface area (Å²) in [5, 5.41) is 8.71. The van der Waals surface area contributed by atoms with Crippen LogP contribution >= 0.6 is 0 Å². The molecule has 2 aliphatic carbocycles. The van der Waals surface area contributed by atoms with E-state index in [1.54, 1.807) is 4.90 Å². The number of primary amides is 1. The number of carbonyl (C=O) groups excluding carboxylic acids is 7. The first-order valence-electron chi connectivity index (χ1n) is 17.9. The standard InChI is InChI=1S/C35H56N6O7/c1-20(2)23-16-17-40(29(23)32(46)37-24(18-21-14-15-21)30(44)31(36)45)33(47)28(22-10-7-6-8-11-22)39-34(48)38-25(35(3,4)5)19-41-26(42)12-9-13-27(41)43/h20-25,28-29H,6-19H2,1-5H3,(H2,36,45)(H,37,46)(H2,38,39,48)/t23?,24?,25-,28+,29+/m1/s1. The zero-order valence-corrected chi connectivity index (χ0v) is 29.3. The molecule has 48 heavy (non-hydrogen) atoms. The molecular weight excluding hydrogens is 616 g/mol. The number of carbonyl (C=O) groups is 7. The number of Topliss-reactive ketones (excluding diaryl/α,β-unsaturated/α-hetero) is 1. The molecule has 0 bridgehead atoms. The monoisotopic (exact) mass is 672 g/mol. The van der Waals surface area contributed by atoms with E-state index in [2.05, 4.69) is 16.0 Å². The smallest absolute Gasteiger partial charge is 0.315 e. The molecule has 5 atom stereocenters. The molecule has 2 aliphatic heterocycles. The molecule has 0 aromatic carbocycles. The summed E-state index contributed by atoms with van der Waals surface area (Å²) in [5.41, 5.74) is 4.81. The van der Waals surface area contributed by atoms with Gasteiger partial charge in [0, 0.05) is 25.9 Å². The van der Waals surface area contributed by atoms with E-state index >= 15 is 0 Å². The molecular formula is C35H56N6O7. The number of nitrogens with one attached hydrogen (secondary N) is 3. The van der Waals surface area contributed by atoms with Gasteiger partial charge in [-0.3, -0.25) is 33.7 Å². The minimum atomic E-state index is -1.10. The van der Waals surface area contributed by atoms with Crippen molar-refractivity contribution in [3.63, 3.8) is 0 Å². The van der Waals surface area contributed by atoms with Gasteiger partial charge in [0.25, 0.3) is 5.91 Å². The van der Waals surface area contributed by atoms with Crippen molar-refractivity contribution in [2.45, 2.75) is 136 Å². The lowest BCUT2D eigenvalue weighted by atomic mass is 9.82. The normalized spacial score (nSPS) is 24.2. The molecule has 2 unspecified atom stereocenters. The van der Waals surface area contributed by atoms with Gasteiger partial charge < -0.3 is 26.6 Å². The van der Waals surface area contributed by atoms with Gasteiger partial charge in [0.1, 0.15) is 12.1 Å². The van der Waals surface area contributed by atoms with Crippen molar-refractivity contribution in [3.8, 4) is 0 Å². The molecule has 7 amide bonds. The largest absolute Gasteiger partial charge is 0.363 e. The van der Waals surface area contributed by atoms with E-state index < -0.39 is 53.2 Å². The van der Waals surface area contributed by atoms with Gasteiger partial charge in [-0.25, -0.2) is 4.79 Å². The fourth-order valence-electron chi connectivity index (χ4n) is 7.54. The Bertz CT molecular complexity index is 1240. The van der Waals surface area contributed by atoms with E-state index in [1.807, 2.05) is 34.6 Å². The lowest BCUT2D eigenvalue weighted by molar-refractivity contribution is -0.148. The molecule has 4 aliphatic rings.